The number of ether oxygens (including phenoxy) is 4. The third kappa shape index (κ3) is 3.83. The number of hydrogen-bond donors (Lipinski definition) is 3. The fourth-order valence-electron chi connectivity index (χ4n) is 12.3. The van der Waals surface area contributed by atoms with Crippen LogP contribution >= 0.6 is 0 Å². The van der Waals surface area contributed by atoms with Crippen molar-refractivity contribution in [3.63, 3.8) is 0 Å². The molecule has 12 unspecified atom stereocenters. The lowest BCUT2D eigenvalue weighted by molar-refractivity contribution is -0.330. The van der Waals surface area contributed by atoms with Gasteiger partial charge in [-0.1, -0.05) is 19.9 Å². The molecule has 51 heavy (non-hydrogen) atoms. The Hall–Kier alpha value is -3.65. The molecule has 0 aromatic heterocycles. The molecule has 274 valence electrons. The molecule has 0 aromatic carbocycles. The average Bonchev–Trinajstić information content (AvgIpc) is 4.02. The summed E-state index contributed by atoms with van der Waals surface area (Å²) in [5.41, 5.74) is -5.58. The zero-order valence-electron chi connectivity index (χ0n) is 29.8. The van der Waals surface area contributed by atoms with E-state index in [1.807, 2.05) is 6.92 Å². The summed E-state index contributed by atoms with van der Waals surface area (Å²) in [5, 5.41) is 35.6. The number of aliphatic hydroxyl groups excluding tert-OH is 1. The van der Waals surface area contributed by atoms with Crippen LogP contribution < -0.4 is 0 Å². The molecule has 5 fully saturated rings. The molecule has 13 nitrogen and oxygen atoms in total. The van der Waals surface area contributed by atoms with Gasteiger partial charge in [-0.05, 0) is 86.7 Å². The largest absolute Gasteiger partial charge is 0.466 e. The van der Waals surface area contributed by atoms with Crippen molar-refractivity contribution >= 4 is 29.7 Å². The highest BCUT2D eigenvalue weighted by atomic mass is 17.1. The number of aliphatic hydroxyl groups is 2. The van der Waals surface area contributed by atoms with Gasteiger partial charge in [0, 0.05) is 46.5 Å². The van der Waals surface area contributed by atoms with Gasteiger partial charge in [0.25, 0.3) is 0 Å². The number of esters is 4. The van der Waals surface area contributed by atoms with Gasteiger partial charge in [-0.25, -0.2) is 19.3 Å². The fraction of sp³-hybridized carbons (Fsp3) is 0.658. The Balaban J connectivity index is 1.42. The summed E-state index contributed by atoms with van der Waals surface area (Å²) in [6.45, 7) is 9.01. The van der Waals surface area contributed by atoms with E-state index in [0.717, 1.165) is 0 Å². The van der Waals surface area contributed by atoms with E-state index in [-0.39, 0.29) is 65.4 Å². The van der Waals surface area contributed by atoms with Crippen molar-refractivity contribution in [2.45, 2.75) is 90.1 Å². The van der Waals surface area contributed by atoms with E-state index >= 15 is 0 Å². The van der Waals surface area contributed by atoms with Crippen molar-refractivity contribution in [2.24, 2.45) is 46.3 Å². The molecule has 13 heteroatoms. The van der Waals surface area contributed by atoms with Crippen molar-refractivity contribution in [3.8, 4) is 0 Å². The highest BCUT2D eigenvalue weighted by Crippen LogP contribution is 2.84. The molecular weight excluding hydrogens is 664 g/mol. The van der Waals surface area contributed by atoms with Crippen LogP contribution in [0.25, 0.3) is 0 Å². The van der Waals surface area contributed by atoms with Gasteiger partial charge in [0.1, 0.15) is 30.5 Å². The Morgan fingerprint density at radius 3 is 2.29 bits per heavy atom. The van der Waals surface area contributed by atoms with Crippen LogP contribution in [0.2, 0.25) is 0 Å². The minimum atomic E-state index is -1.72. The number of Topliss-reactive ketones (excluding diaryl/α,β-unsaturated/α-hetero) is 1. The van der Waals surface area contributed by atoms with E-state index in [4.69, 9.17) is 23.8 Å². The number of fused-ring (bicyclic) bond motifs is 7. The lowest BCUT2D eigenvalue weighted by Crippen LogP contribution is -2.67. The SMILES string of the molecule is CC=C(C)C(=O)OCC1(O)C2CC2C2(C)C3CC4(OO)C5=C(C(=C(C)C(=O)OC)C(=O)C(O)C5(C)C5CC54)C34OC(=O)C(COC(C)=O)=C4CC12. The zero-order valence-corrected chi connectivity index (χ0v) is 29.8. The highest BCUT2D eigenvalue weighted by molar-refractivity contribution is 6.12. The van der Waals surface area contributed by atoms with E-state index in [2.05, 4.69) is 0 Å². The quantitative estimate of drug-likeness (QED) is 0.115. The first-order valence-corrected chi connectivity index (χ1v) is 17.7. The van der Waals surface area contributed by atoms with E-state index in [1.165, 1.54) is 21.0 Å². The van der Waals surface area contributed by atoms with Gasteiger partial charge >= 0.3 is 23.9 Å². The third-order valence-corrected chi connectivity index (χ3v) is 14.7. The maximum absolute atomic E-state index is 14.6. The predicted octanol–water partition coefficient (Wildman–Crippen LogP) is 2.69. The van der Waals surface area contributed by atoms with Crippen LogP contribution in [0.4, 0.5) is 0 Å². The molecule has 0 aromatic rings. The van der Waals surface area contributed by atoms with Crippen LogP contribution in [0.15, 0.2) is 45.1 Å². The highest BCUT2D eigenvalue weighted by Gasteiger charge is 2.86. The first kappa shape index (κ1) is 34.4. The number of ketones is 1. The topological polar surface area (TPSA) is 192 Å². The minimum absolute atomic E-state index is 0.0472. The average molecular weight is 709 g/mol. The minimum Gasteiger partial charge on any atom is -0.466 e. The summed E-state index contributed by atoms with van der Waals surface area (Å²) in [4.78, 5) is 72.6. The van der Waals surface area contributed by atoms with Gasteiger partial charge in [-0.3, -0.25) is 14.8 Å². The van der Waals surface area contributed by atoms with Crippen LogP contribution in [0.5, 0.6) is 0 Å². The van der Waals surface area contributed by atoms with Gasteiger partial charge in [0.2, 0.25) is 0 Å². The Kier molecular flexibility index (Phi) is 7.08. The van der Waals surface area contributed by atoms with Crippen LogP contribution in [0.1, 0.15) is 67.2 Å². The number of allylic oxidation sites excluding steroid dienone is 1. The number of rotatable bonds is 7. The van der Waals surface area contributed by atoms with E-state index in [9.17, 15) is 39.4 Å². The number of carbonyl (C=O) groups excluding carboxylic acids is 5. The molecular formula is C38H44O13. The summed E-state index contributed by atoms with van der Waals surface area (Å²) in [5.74, 6) is -5.87. The second-order valence-electron chi connectivity index (χ2n) is 16.5. The molecule has 1 aliphatic heterocycles. The molecule has 7 aliphatic carbocycles. The maximum Gasteiger partial charge on any atom is 0.338 e. The Morgan fingerprint density at radius 1 is 0.980 bits per heavy atom. The van der Waals surface area contributed by atoms with Gasteiger partial charge in [-0.15, -0.1) is 0 Å². The summed E-state index contributed by atoms with van der Waals surface area (Å²) in [6, 6.07) is 0. The molecule has 0 bridgehead atoms. The first-order valence-electron chi connectivity index (χ1n) is 17.7. The Bertz CT molecular complexity index is 1870. The lowest BCUT2D eigenvalue weighted by atomic mass is 9.43. The predicted molar refractivity (Wildman–Crippen MR) is 173 cm³/mol. The van der Waals surface area contributed by atoms with E-state index < -0.39 is 81.8 Å². The normalized spacial score (nSPS) is 46.2. The van der Waals surface area contributed by atoms with Gasteiger partial charge < -0.3 is 29.2 Å². The van der Waals surface area contributed by atoms with Crippen LogP contribution in [0, 0.1) is 46.3 Å². The van der Waals surface area contributed by atoms with E-state index in [0.29, 0.717) is 29.6 Å². The second kappa shape index (κ2) is 10.5. The molecule has 8 rings (SSSR count). The Morgan fingerprint density at radius 2 is 1.67 bits per heavy atom. The second-order valence-corrected chi connectivity index (χ2v) is 16.5. The smallest absolute Gasteiger partial charge is 0.338 e. The van der Waals surface area contributed by atoms with Crippen LogP contribution in [-0.4, -0.2) is 88.4 Å². The van der Waals surface area contributed by atoms with Gasteiger partial charge in [0.15, 0.2) is 11.4 Å². The first-order chi connectivity index (χ1) is 24.0. The fourth-order valence-corrected chi connectivity index (χ4v) is 12.3. The number of hydrogen-bond acceptors (Lipinski definition) is 13. The molecule has 5 saturated carbocycles. The molecule has 12 atom stereocenters. The number of methoxy groups -OCH3 is 1. The lowest BCUT2D eigenvalue weighted by Gasteiger charge is -2.63. The van der Waals surface area contributed by atoms with Gasteiger partial charge in [0.05, 0.1) is 12.7 Å². The summed E-state index contributed by atoms with van der Waals surface area (Å²) >= 11 is 0. The van der Waals surface area contributed by atoms with Crippen LogP contribution in [-0.2, 0) is 47.8 Å². The molecule has 0 saturated heterocycles. The van der Waals surface area contributed by atoms with Crippen molar-refractivity contribution in [1.82, 2.24) is 0 Å². The van der Waals surface area contributed by atoms with E-state index in [1.54, 1.807) is 26.8 Å². The monoisotopic (exact) mass is 708 g/mol. The molecule has 8 aliphatic rings. The Labute approximate surface area is 294 Å². The number of carbonyl (C=O) groups is 5. The maximum atomic E-state index is 14.6. The van der Waals surface area contributed by atoms with Crippen molar-refractivity contribution in [2.75, 3.05) is 20.3 Å². The molecule has 3 N–H and O–H groups in total. The summed E-state index contributed by atoms with van der Waals surface area (Å²) in [7, 11) is 1.17. The molecule has 1 heterocycles. The zero-order chi connectivity index (χ0) is 37.0. The van der Waals surface area contributed by atoms with Crippen molar-refractivity contribution in [3.05, 3.63) is 45.1 Å². The van der Waals surface area contributed by atoms with Crippen LogP contribution in [0.3, 0.4) is 0 Å². The third-order valence-electron chi connectivity index (χ3n) is 14.7. The summed E-state index contributed by atoms with van der Waals surface area (Å²) < 4.78 is 22.8. The molecule has 0 amide bonds. The van der Waals surface area contributed by atoms with Crippen molar-refractivity contribution in [1.29, 1.82) is 0 Å². The van der Waals surface area contributed by atoms with Crippen molar-refractivity contribution < 1.29 is 63.3 Å². The standard InChI is InChI=1S/C38H44O13/c1-8-15(2)31(42)49-14-36(45)22-9-20(22)34(5)24(36)11-19-18(13-48-17(4)39)33(44)50-38(19)25(34)12-37(51-46)23-10-21(23)35(6)29(37)27(38)26(28(40)30(35)41)16(3)32(43)47-7/h8,20-25,30,41,45-46H,9-14H2,1-7H3. The van der Waals surface area contributed by atoms with Gasteiger partial charge in [-0.2, -0.15) is 0 Å². The summed E-state index contributed by atoms with van der Waals surface area (Å²) in [6.07, 6.45) is 1.33. The molecule has 0 radical (unpaired) electrons. The molecule has 1 spiro atoms.